The van der Waals surface area contributed by atoms with Crippen molar-refractivity contribution >= 4 is 11.8 Å². The van der Waals surface area contributed by atoms with Gasteiger partial charge in [0.1, 0.15) is 6.73 Å². The van der Waals surface area contributed by atoms with Crippen LogP contribution in [0.5, 0.6) is 0 Å². The van der Waals surface area contributed by atoms with Gasteiger partial charge in [-0.05, 0) is 23.3 Å². The van der Waals surface area contributed by atoms with Gasteiger partial charge in [-0.3, -0.25) is 4.57 Å². The molecule has 4 heteroatoms. The van der Waals surface area contributed by atoms with E-state index in [0.29, 0.717) is 19.3 Å². The molecule has 3 nitrogen and oxygen atoms in total. The van der Waals surface area contributed by atoms with Crippen LogP contribution in [0.15, 0.2) is 65.8 Å². The second-order valence-corrected chi connectivity index (χ2v) is 7.41. The van der Waals surface area contributed by atoms with E-state index in [0.717, 1.165) is 11.6 Å². The molecule has 0 bridgehead atoms. The largest absolute Gasteiger partial charge is 0.356 e. The highest BCUT2D eigenvalue weighted by Crippen LogP contribution is 2.27. The molecule has 0 aliphatic heterocycles. The number of imidazole rings is 1. The van der Waals surface area contributed by atoms with Crippen molar-refractivity contribution in [3.05, 3.63) is 83.2 Å². The molecule has 0 spiro atoms. The van der Waals surface area contributed by atoms with E-state index in [-0.39, 0.29) is 0 Å². The number of nitrogens with zero attached hydrogens (tertiary/aromatic N) is 2. The lowest BCUT2D eigenvalue weighted by Crippen LogP contribution is -2.10. The number of benzene rings is 2. The maximum absolute atomic E-state index is 6.03. The number of hydrogen-bond acceptors (Lipinski definition) is 3. The van der Waals surface area contributed by atoms with Gasteiger partial charge in [-0.2, -0.15) is 0 Å². The summed E-state index contributed by atoms with van der Waals surface area (Å²) >= 11 is 1.68. The number of hydrogen-bond donors (Lipinski definition) is 0. The Kier molecular flexibility index (Phi) is 6.53. The molecule has 0 amide bonds. The van der Waals surface area contributed by atoms with Crippen molar-refractivity contribution in [2.45, 2.75) is 44.7 Å². The van der Waals surface area contributed by atoms with Gasteiger partial charge >= 0.3 is 0 Å². The Balaban J connectivity index is 1.84. The van der Waals surface area contributed by atoms with Crippen LogP contribution < -0.4 is 0 Å². The third kappa shape index (κ3) is 4.57. The molecule has 1 aromatic heterocycles. The van der Waals surface area contributed by atoms with Gasteiger partial charge in [0.2, 0.25) is 0 Å². The van der Waals surface area contributed by atoms with Crippen LogP contribution in [0.25, 0.3) is 0 Å². The van der Waals surface area contributed by atoms with Gasteiger partial charge in [-0.25, -0.2) is 4.98 Å². The first-order chi connectivity index (χ1) is 12.7. The van der Waals surface area contributed by atoms with Crippen LogP contribution in [0, 0.1) is 0 Å². The third-order valence-electron chi connectivity index (χ3n) is 4.34. The number of rotatable bonds is 8. The minimum absolute atomic E-state index is 0.384. The van der Waals surface area contributed by atoms with Crippen molar-refractivity contribution < 1.29 is 4.74 Å². The average Bonchev–Trinajstić information content (AvgIpc) is 3.01. The fourth-order valence-corrected chi connectivity index (χ4v) is 3.61. The molecule has 0 aliphatic carbocycles. The molecule has 0 atom stereocenters. The summed E-state index contributed by atoms with van der Waals surface area (Å²) in [7, 11) is 0. The van der Waals surface area contributed by atoms with E-state index in [2.05, 4.69) is 67.1 Å². The van der Waals surface area contributed by atoms with Gasteiger partial charge < -0.3 is 4.74 Å². The third-order valence-corrected chi connectivity index (χ3v) is 5.02. The number of aromatic nitrogens is 2. The van der Waals surface area contributed by atoms with E-state index in [4.69, 9.17) is 9.72 Å². The Morgan fingerprint density at radius 2 is 1.58 bits per heavy atom. The van der Waals surface area contributed by atoms with E-state index in [1.165, 1.54) is 22.5 Å². The lowest BCUT2D eigenvalue weighted by atomic mass is 10.0. The summed E-state index contributed by atoms with van der Waals surface area (Å²) < 4.78 is 8.26. The molecule has 0 N–H and O–H groups in total. The van der Waals surface area contributed by atoms with Crippen molar-refractivity contribution in [2.75, 3.05) is 6.26 Å². The Bertz CT molecular complexity index is 813. The molecule has 0 aliphatic rings. The quantitative estimate of drug-likeness (QED) is 0.493. The Morgan fingerprint density at radius 3 is 2.15 bits per heavy atom. The summed E-state index contributed by atoms with van der Waals surface area (Å²) in [5, 5.41) is 1.02. The van der Waals surface area contributed by atoms with Crippen molar-refractivity contribution in [3.8, 4) is 0 Å². The van der Waals surface area contributed by atoms with E-state index >= 15 is 0 Å². The van der Waals surface area contributed by atoms with Crippen molar-refractivity contribution in [2.24, 2.45) is 0 Å². The van der Waals surface area contributed by atoms with Gasteiger partial charge in [0.05, 0.1) is 12.3 Å². The highest BCUT2D eigenvalue weighted by Gasteiger charge is 2.19. The van der Waals surface area contributed by atoms with Crippen LogP contribution >= 0.6 is 11.8 Å². The molecule has 1 heterocycles. The zero-order valence-corrected chi connectivity index (χ0v) is 16.5. The van der Waals surface area contributed by atoms with Gasteiger partial charge in [0.25, 0.3) is 0 Å². The van der Waals surface area contributed by atoms with Crippen molar-refractivity contribution in [1.29, 1.82) is 0 Å². The normalized spacial score (nSPS) is 11.2. The molecule has 0 radical (unpaired) electrons. The maximum Gasteiger partial charge on any atom is 0.170 e. The summed E-state index contributed by atoms with van der Waals surface area (Å²) in [4.78, 5) is 4.90. The minimum atomic E-state index is 0.384. The van der Waals surface area contributed by atoms with Gasteiger partial charge in [0.15, 0.2) is 5.16 Å². The first kappa shape index (κ1) is 18.7. The van der Waals surface area contributed by atoms with Crippen LogP contribution in [0.3, 0.4) is 0 Å². The number of thioether (sulfide) groups is 1. The van der Waals surface area contributed by atoms with E-state index < -0.39 is 0 Å². The molecule has 3 rings (SSSR count). The van der Waals surface area contributed by atoms with Crippen LogP contribution in [0.2, 0.25) is 0 Å². The molecule has 3 aromatic rings. The summed E-state index contributed by atoms with van der Waals surface area (Å²) in [5.41, 5.74) is 4.91. The zero-order chi connectivity index (χ0) is 18.4. The molecule has 26 heavy (non-hydrogen) atoms. The van der Waals surface area contributed by atoms with Gasteiger partial charge in [0, 0.05) is 12.1 Å². The summed E-state index contributed by atoms with van der Waals surface area (Å²) in [5.74, 6) is 0.384. The monoisotopic (exact) mass is 366 g/mol. The molecule has 0 saturated carbocycles. The van der Waals surface area contributed by atoms with Gasteiger partial charge in [-0.1, -0.05) is 86.3 Å². The predicted molar refractivity (Wildman–Crippen MR) is 109 cm³/mol. The predicted octanol–water partition coefficient (Wildman–Crippen LogP) is 5.49. The summed E-state index contributed by atoms with van der Waals surface area (Å²) in [6.45, 7) is 5.54. The Labute approximate surface area is 160 Å². The van der Waals surface area contributed by atoms with Crippen LogP contribution in [-0.2, 0) is 24.5 Å². The molecule has 0 fully saturated rings. The topological polar surface area (TPSA) is 27.1 Å². The molecular weight excluding hydrogens is 340 g/mol. The lowest BCUT2D eigenvalue weighted by molar-refractivity contribution is 0.0571. The average molecular weight is 367 g/mol. The van der Waals surface area contributed by atoms with Crippen LogP contribution in [-0.4, -0.2) is 15.8 Å². The zero-order valence-electron chi connectivity index (χ0n) is 15.7. The second kappa shape index (κ2) is 9.06. The molecular formula is C22H26N2OS. The molecule has 136 valence electrons. The standard InChI is InChI=1S/C22H26N2OS/c1-17(2)21-20(14-18-10-6-4-7-11-18)24(22(23-21)26-3)16-25-15-19-12-8-5-9-13-19/h4-13,17H,14-16H2,1-3H3. The van der Waals surface area contributed by atoms with E-state index in [1.807, 2.05) is 18.2 Å². The number of ether oxygens (including phenoxy) is 1. The highest BCUT2D eigenvalue weighted by molar-refractivity contribution is 7.98. The lowest BCUT2D eigenvalue weighted by Gasteiger charge is -2.14. The molecule has 0 saturated heterocycles. The van der Waals surface area contributed by atoms with Crippen LogP contribution in [0.4, 0.5) is 0 Å². The van der Waals surface area contributed by atoms with Crippen molar-refractivity contribution in [3.63, 3.8) is 0 Å². The van der Waals surface area contributed by atoms with Crippen LogP contribution in [0.1, 0.15) is 42.3 Å². The second-order valence-electron chi connectivity index (χ2n) is 6.64. The molecule has 0 unspecified atom stereocenters. The highest BCUT2D eigenvalue weighted by atomic mass is 32.2. The van der Waals surface area contributed by atoms with E-state index in [9.17, 15) is 0 Å². The Hall–Kier alpha value is -2.04. The Morgan fingerprint density at radius 1 is 0.962 bits per heavy atom. The van der Waals surface area contributed by atoms with E-state index in [1.54, 1.807) is 11.8 Å². The first-order valence-electron chi connectivity index (χ1n) is 8.98. The molecule has 2 aromatic carbocycles. The smallest absolute Gasteiger partial charge is 0.170 e. The maximum atomic E-state index is 6.03. The van der Waals surface area contributed by atoms with Crippen molar-refractivity contribution in [1.82, 2.24) is 9.55 Å². The fourth-order valence-electron chi connectivity index (χ4n) is 3.04. The van der Waals surface area contributed by atoms with Gasteiger partial charge in [-0.15, -0.1) is 0 Å². The summed E-state index contributed by atoms with van der Waals surface area (Å²) in [6, 6.07) is 20.9. The summed E-state index contributed by atoms with van der Waals surface area (Å²) in [6.07, 6.45) is 2.95. The minimum Gasteiger partial charge on any atom is -0.356 e. The first-order valence-corrected chi connectivity index (χ1v) is 10.2. The fraction of sp³-hybridized carbons (Fsp3) is 0.318. The SMILES string of the molecule is CSc1nc(C(C)C)c(Cc2ccccc2)n1COCc1ccccc1.